The molecule has 0 unspecified atom stereocenters. The quantitative estimate of drug-likeness (QED) is 0.679. The Bertz CT molecular complexity index is 907. The van der Waals surface area contributed by atoms with Crippen molar-refractivity contribution in [2.45, 2.75) is 6.92 Å². The van der Waals surface area contributed by atoms with E-state index in [0.29, 0.717) is 16.6 Å². The van der Waals surface area contributed by atoms with E-state index in [4.69, 9.17) is 9.47 Å². The summed E-state index contributed by atoms with van der Waals surface area (Å²) in [5.74, 6) is 1.28. The number of methoxy groups -OCH3 is 2. The molecule has 3 rings (SSSR count). The van der Waals surface area contributed by atoms with E-state index < -0.39 is 0 Å². The third-order valence-electron chi connectivity index (χ3n) is 3.71. The highest BCUT2D eigenvalue weighted by molar-refractivity contribution is 7.14. The van der Waals surface area contributed by atoms with Crippen molar-refractivity contribution in [2.24, 2.45) is 0 Å². The van der Waals surface area contributed by atoms with E-state index in [9.17, 15) is 4.79 Å². The van der Waals surface area contributed by atoms with Gasteiger partial charge in [-0.1, -0.05) is 17.7 Å². The van der Waals surface area contributed by atoms with Gasteiger partial charge in [0.25, 0.3) is 0 Å². The fourth-order valence-electron chi connectivity index (χ4n) is 2.36. The van der Waals surface area contributed by atoms with Crippen LogP contribution in [0.15, 0.2) is 47.8 Å². The second kappa shape index (κ2) is 7.88. The Labute approximate surface area is 155 Å². The molecule has 1 heterocycles. The molecule has 0 fully saturated rings. The summed E-state index contributed by atoms with van der Waals surface area (Å²) in [6.07, 6.45) is 0. The van der Waals surface area contributed by atoms with Crippen molar-refractivity contribution < 1.29 is 14.3 Å². The number of thiazole rings is 1. The average Bonchev–Trinajstić information content (AvgIpc) is 3.11. The first-order chi connectivity index (χ1) is 12.6. The van der Waals surface area contributed by atoms with Crippen LogP contribution in [0.4, 0.5) is 15.6 Å². The van der Waals surface area contributed by atoms with Gasteiger partial charge in [0.2, 0.25) is 0 Å². The van der Waals surface area contributed by atoms with Crippen molar-refractivity contribution in [1.82, 2.24) is 4.98 Å². The molecule has 0 spiro atoms. The number of hydrogen-bond acceptors (Lipinski definition) is 5. The highest BCUT2D eigenvalue weighted by Gasteiger charge is 2.11. The molecule has 0 saturated carbocycles. The van der Waals surface area contributed by atoms with E-state index in [-0.39, 0.29) is 6.03 Å². The monoisotopic (exact) mass is 369 g/mol. The lowest BCUT2D eigenvalue weighted by Gasteiger charge is -2.08. The summed E-state index contributed by atoms with van der Waals surface area (Å²) in [7, 11) is 3.18. The lowest BCUT2D eigenvalue weighted by Crippen LogP contribution is -2.19. The van der Waals surface area contributed by atoms with Gasteiger partial charge in [-0.25, -0.2) is 9.78 Å². The average molecular weight is 369 g/mol. The molecular formula is C19H19N3O3S. The zero-order chi connectivity index (χ0) is 18.5. The SMILES string of the molecule is COc1ccc(-c2csc(NC(=O)Nc3ccc(C)cc3)n2)cc1OC. The Morgan fingerprint density at radius 2 is 1.73 bits per heavy atom. The summed E-state index contributed by atoms with van der Waals surface area (Å²) >= 11 is 1.35. The van der Waals surface area contributed by atoms with Gasteiger partial charge in [0.1, 0.15) is 0 Å². The Balaban J connectivity index is 1.69. The number of nitrogens with zero attached hydrogens (tertiary/aromatic N) is 1. The zero-order valence-electron chi connectivity index (χ0n) is 14.7. The Hall–Kier alpha value is -3.06. The van der Waals surface area contributed by atoms with E-state index in [1.165, 1.54) is 11.3 Å². The second-order valence-electron chi connectivity index (χ2n) is 5.55. The maximum Gasteiger partial charge on any atom is 0.325 e. The molecule has 0 radical (unpaired) electrons. The number of aromatic nitrogens is 1. The lowest BCUT2D eigenvalue weighted by molar-refractivity contribution is 0.262. The summed E-state index contributed by atoms with van der Waals surface area (Å²) < 4.78 is 10.6. The summed E-state index contributed by atoms with van der Waals surface area (Å²) in [5, 5.41) is 7.92. The van der Waals surface area contributed by atoms with Gasteiger partial charge in [-0.2, -0.15) is 0 Å². The van der Waals surface area contributed by atoms with Crippen LogP contribution >= 0.6 is 11.3 Å². The lowest BCUT2D eigenvalue weighted by atomic mass is 10.1. The number of carbonyl (C=O) groups excluding carboxylic acids is 1. The van der Waals surface area contributed by atoms with Crippen molar-refractivity contribution in [3.63, 3.8) is 0 Å². The third kappa shape index (κ3) is 4.12. The molecule has 0 aliphatic rings. The summed E-state index contributed by atoms with van der Waals surface area (Å²) in [5.41, 5.74) is 3.49. The number of carbonyl (C=O) groups is 1. The molecule has 2 aromatic carbocycles. The van der Waals surface area contributed by atoms with Crippen LogP contribution in [-0.2, 0) is 0 Å². The van der Waals surface area contributed by atoms with E-state index in [1.807, 2.05) is 54.8 Å². The minimum absolute atomic E-state index is 0.331. The van der Waals surface area contributed by atoms with E-state index in [1.54, 1.807) is 14.2 Å². The van der Waals surface area contributed by atoms with Gasteiger partial charge in [-0.15, -0.1) is 11.3 Å². The van der Waals surface area contributed by atoms with Gasteiger partial charge < -0.3 is 14.8 Å². The molecule has 134 valence electrons. The zero-order valence-corrected chi connectivity index (χ0v) is 15.5. The van der Waals surface area contributed by atoms with Crippen molar-refractivity contribution >= 4 is 28.2 Å². The van der Waals surface area contributed by atoms with Crippen LogP contribution in [0.5, 0.6) is 11.5 Å². The highest BCUT2D eigenvalue weighted by atomic mass is 32.1. The summed E-state index contributed by atoms with van der Waals surface area (Å²) in [6, 6.07) is 12.8. The predicted molar refractivity (Wildman–Crippen MR) is 104 cm³/mol. The topological polar surface area (TPSA) is 72.5 Å². The molecule has 2 amide bonds. The van der Waals surface area contributed by atoms with Gasteiger partial charge in [-0.3, -0.25) is 5.32 Å². The van der Waals surface area contributed by atoms with Crippen LogP contribution in [0, 0.1) is 6.92 Å². The minimum Gasteiger partial charge on any atom is -0.493 e. The second-order valence-corrected chi connectivity index (χ2v) is 6.41. The Kier molecular flexibility index (Phi) is 5.38. The van der Waals surface area contributed by atoms with Crippen LogP contribution in [0.1, 0.15) is 5.56 Å². The number of urea groups is 1. The number of ether oxygens (including phenoxy) is 2. The van der Waals surface area contributed by atoms with Crippen molar-refractivity contribution in [3.05, 3.63) is 53.4 Å². The van der Waals surface area contributed by atoms with E-state index in [0.717, 1.165) is 22.5 Å². The maximum absolute atomic E-state index is 12.1. The molecule has 1 aromatic heterocycles. The van der Waals surface area contributed by atoms with Gasteiger partial charge in [0.15, 0.2) is 16.6 Å². The van der Waals surface area contributed by atoms with Crippen LogP contribution in [0.25, 0.3) is 11.3 Å². The summed E-state index contributed by atoms with van der Waals surface area (Å²) in [6.45, 7) is 2.00. The van der Waals surface area contributed by atoms with Gasteiger partial charge in [0.05, 0.1) is 19.9 Å². The van der Waals surface area contributed by atoms with Crippen molar-refractivity contribution in [2.75, 3.05) is 24.9 Å². The van der Waals surface area contributed by atoms with E-state index in [2.05, 4.69) is 15.6 Å². The van der Waals surface area contributed by atoms with Crippen LogP contribution in [-0.4, -0.2) is 25.2 Å². The smallest absolute Gasteiger partial charge is 0.325 e. The van der Waals surface area contributed by atoms with Crippen LogP contribution in [0.2, 0.25) is 0 Å². The fraction of sp³-hybridized carbons (Fsp3) is 0.158. The normalized spacial score (nSPS) is 10.3. The number of hydrogen-bond donors (Lipinski definition) is 2. The first-order valence-electron chi connectivity index (χ1n) is 7.91. The summed E-state index contributed by atoms with van der Waals surface area (Å²) in [4.78, 5) is 16.6. The molecule has 0 atom stereocenters. The third-order valence-corrected chi connectivity index (χ3v) is 4.47. The highest BCUT2D eigenvalue weighted by Crippen LogP contribution is 2.33. The predicted octanol–water partition coefficient (Wildman–Crippen LogP) is 4.78. The van der Waals surface area contributed by atoms with Crippen LogP contribution < -0.4 is 20.1 Å². The number of amides is 2. The number of benzene rings is 2. The Morgan fingerprint density at radius 1 is 1.00 bits per heavy atom. The number of aryl methyl sites for hydroxylation is 1. The largest absolute Gasteiger partial charge is 0.493 e. The number of rotatable bonds is 5. The number of nitrogens with one attached hydrogen (secondary N) is 2. The molecule has 7 heteroatoms. The van der Waals surface area contributed by atoms with Gasteiger partial charge in [0, 0.05) is 16.6 Å². The van der Waals surface area contributed by atoms with Crippen LogP contribution in [0.3, 0.4) is 0 Å². The van der Waals surface area contributed by atoms with Crippen molar-refractivity contribution in [1.29, 1.82) is 0 Å². The fourth-order valence-corrected chi connectivity index (χ4v) is 3.07. The minimum atomic E-state index is -0.331. The number of anilines is 2. The first kappa shape index (κ1) is 17.8. The molecular weight excluding hydrogens is 350 g/mol. The molecule has 0 bridgehead atoms. The molecule has 0 aliphatic heterocycles. The van der Waals surface area contributed by atoms with Gasteiger partial charge >= 0.3 is 6.03 Å². The van der Waals surface area contributed by atoms with E-state index >= 15 is 0 Å². The van der Waals surface area contributed by atoms with Gasteiger partial charge in [-0.05, 0) is 37.3 Å². The van der Waals surface area contributed by atoms with Crippen molar-refractivity contribution in [3.8, 4) is 22.8 Å². The maximum atomic E-state index is 12.1. The standard InChI is InChI=1S/C19H19N3O3S/c1-12-4-7-14(8-5-12)20-18(23)22-19-21-15(11-26-19)13-6-9-16(24-2)17(10-13)25-3/h4-11H,1-3H3,(H2,20,21,22,23). The molecule has 2 N–H and O–H groups in total. The molecule has 3 aromatic rings. The molecule has 26 heavy (non-hydrogen) atoms. The molecule has 0 saturated heterocycles. The molecule has 0 aliphatic carbocycles. The molecule has 6 nitrogen and oxygen atoms in total. The first-order valence-corrected chi connectivity index (χ1v) is 8.79. The Morgan fingerprint density at radius 3 is 2.42 bits per heavy atom.